The van der Waals surface area contributed by atoms with Crippen molar-refractivity contribution in [3.8, 4) is 11.5 Å². The second-order valence-corrected chi connectivity index (χ2v) is 7.65. The molecular formula is C19H29FN4O3. The molecule has 4 rings (SSSR count). The van der Waals surface area contributed by atoms with E-state index < -0.39 is 11.9 Å². The Morgan fingerprint density at radius 1 is 1.15 bits per heavy atom. The van der Waals surface area contributed by atoms with Gasteiger partial charge in [-0.3, -0.25) is 14.8 Å². The summed E-state index contributed by atoms with van der Waals surface area (Å²) in [5.74, 6) is 0.0234. The van der Waals surface area contributed by atoms with Crippen LogP contribution in [0.5, 0.6) is 11.5 Å². The lowest BCUT2D eigenvalue weighted by Gasteiger charge is -2.39. The maximum Gasteiger partial charge on any atom is 0.200 e. The SMILES string of the molecule is OC1CN(CN2CCCCC2)CCC1NCc1ncc2c(c1F)OCCO2. The molecular weight excluding hydrogens is 351 g/mol. The lowest BCUT2D eigenvalue weighted by atomic mass is 10.0. The van der Waals surface area contributed by atoms with Gasteiger partial charge < -0.3 is 19.9 Å². The highest BCUT2D eigenvalue weighted by Crippen LogP contribution is 2.33. The van der Waals surface area contributed by atoms with Gasteiger partial charge in [-0.25, -0.2) is 4.39 Å². The van der Waals surface area contributed by atoms with Gasteiger partial charge in [0.1, 0.15) is 13.2 Å². The number of likely N-dealkylation sites (tertiary alicyclic amines) is 2. The van der Waals surface area contributed by atoms with Crippen LogP contribution < -0.4 is 14.8 Å². The largest absolute Gasteiger partial charge is 0.484 e. The van der Waals surface area contributed by atoms with Gasteiger partial charge >= 0.3 is 0 Å². The second-order valence-electron chi connectivity index (χ2n) is 7.65. The zero-order chi connectivity index (χ0) is 18.6. The van der Waals surface area contributed by atoms with E-state index in [2.05, 4.69) is 20.1 Å². The average molecular weight is 380 g/mol. The number of fused-ring (bicyclic) bond motifs is 1. The van der Waals surface area contributed by atoms with E-state index in [-0.39, 0.29) is 18.3 Å². The molecule has 150 valence electrons. The van der Waals surface area contributed by atoms with Crippen LogP contribution in [0.1, 0.15) is 31.4 Å². The highest BCUT2D eigenvalue weighted by atomic mass is 19.1. The highest BCUT2D eigenvalue weighted by molar-refractivity contribution is 5.41. The van der Waals surface area contributed by atoms with Gasteiger partial charge in [-0.05, 0) is 32.4 Å². The molecule has 0 bridgehead atoms. The van der Waals surface area contributed by atoms with Crippen molar-refractivity contribution in [2.45, 2.75) is 44.4 Å². The van der Waals surface area contributed by atoms with Crippen molar-refractivity contribution in [3.63, 3.8) is 0 Å². The van der Waals surface area contributed by atoms with Crippen molar-refractivity contribution in [1.29, 1.82) is 0 Å². The Kier molecular flexibility index (Phi) is 6.07. The summed E-state index contributed by atoms with van der Waals surface area (Å²) in [5.41, 5.74) is 0.294. The van der Waals surface area contributed by atoms with Crippen LogP contribution in [-0.4, -0.2) is 78.1 Å². The monoisotopic (exact) mass is 380 g/mol. The minimum Gasteiger partial charge on any atom is -0.484 e. The normalized spacial score (nSPS) is 26.9. The lowest BCUT2D eigenvalue weighted by Crippen LogP contribution is -2.55. The molecule has 0 aromatic carbocycles. The first-order valence-corrected chi connectivity index (χ1v) is 10.00. The number of β-amino-alcohol motifs (C(OH)–C–C–N with tert-alkyl or cyclic N) is 1. The zero-order valence-electron chi connectivity index (χ0n) is 15.7. The summed E-state index contributed by atoms with van der Waals surface area (Å²) in [5, 5.41) is 13.8. The van der Waals surface area contributed by atoms with Crippen molar-refractivity contribution in [3.05, 3.63) is 17.7 Å². The van der Waals surface area contributed by atoms with E-state index >= 15 is 0 Å². The first-order valence-electron chi connectivity index (χ1n) is 10.00. The van der Waals surface area contributed by atoms with Crippen LogP contribution in [0, 0.1) is 5.82 Å². The Balaban J connectivity index is 1.28. The lowest BCUT2D eigenvalue weighted by molar-refractivity contribution is 0.00942. The summed E-state index contributed by atoms with van der Waals surface area (Å²) in [6.45, 7) is 5.83. The fourth-order valence-corrected chi connectivity index (χ4v) is 4.12. The van der Waals surface area contributed by atoms with E-state index in [0.717, 1.165) is 32.7 Å². The molecule has 8 heteroatoms. The quantitative estimate of drug-likeness (QED) is 0.789. The predicted molar refractivity (Wildman–Crippen MR) is 98.3 cm³/mol. The number of piperidine rings is 2. The molecule has 0 amide bonds. The van der Waals surface area contributed by atoms with Crippen LogP contribution >= 0.6 is 0 Å². The third-order valence-corrected chi connectivity index (χ3v) is 5.65. The molecule has 2 atom stereocenters. The number of rotatable bonds is 5. The Labute approximate surface area is 159 Å². The van der Waals surface area contributed by atoms with Crippen molar-refractivity contribution < 1.29 is 19.0 Å². The Morgan fingerprint density at radius 3 is 2.78 bits per heavy atom. The van der Waals surface area contributed by atoms with Gasteiger partial charge in [-0.2, -0.15) is 0 Å². The van der Waals surface area contributed by atoms with Crippen molar-refractivity contribution in [2.24, 2.45) is 0 Å². The zero-order valence-corrected chi connectivity index (χ0v) is 15.7. The summed E-state index contributed by atoms with van der Waals surface area (Å²) in [4.78, 5) is 8.94. The third-order valence-electron chi connectivity index (χ3n) is 5.65. The number of ether oxygens (including phenoxy) is 2. The van der Waals surface area contributed by atoms with Gasteiger partial charge in [-0.1, -0.05) is 6.42 Å². The molecule has 0 spiro atoms. The molecule has 0 radical (unpaired) electrons. The summed E-state index contributed by atoms with van der Waals surface area (Å²) < 4.78 is 25.3. The van der Waals surface area contributed by atoms with Gasteiger partial charge in [0, 0.05) is 25.7 Å². The molecule has 0 aliphatic carbocycles. The van der Waals surface area contributed by atoms with Crippen LogP contribution in [0.15, 0.2) is 6.20 Å². The smallest absolute Gasteiger partial charge is 0.200 e. The van der Waals surface area contributed by atoms with Gasteiger partial charge in [0.25, 0.3) is 0 Å². The van der Waals surface area contributed by atoms with Gasteiger partial charge in [-0.15, -0.1) is 0 Å². The maximum absolute atomic E-state index is 14.5. The van der Waals surface area contributed by atoms with Crippen molar-refractivity contribution >= 4 is 0 Å². The second kappa shape index (κ2) is 8.68. The molecule has 3 aliphatic rings. The molecule has 0 saturated carbocycles. The number of nitrogens with one attached hydrogen (secondary N) is 1. The number of pyridine rings is 1. The van der Waals surface area contributed by atoms with Crippen molar-refractivity contribution in [2.75, 3.05) is 46.1 Å². The Hall–Kier alpha value is -1.48. The first kappa shape index (κ1) is 18.9. The fourth-order valence-electron chi connectivity index (χ4n) is 4.12. The van der Waals surface area contributed by atoms with Gasteiger partial charge in [0.05, 0.1) is 24.7 Å². The molecule has 4 heterocycles. The molecule has 2 unspecified atom stereocenters. The van der Waals surface area contributed by atoms with E-state index in [1.807, 2.05) is 0 Å². The Morgan fingerprint density at radius 2 is 1.96 bits per heavy atom. The number of aliphatic hydroxyl groups excluding tert-OH is 1. The summed E-state index contributed by atoms with van der Waals surface area (Å²) in [6, 6.07) is -0.0583. The van der Waals surface area contributed by atoms with Crippen LogP contribution in [0.2, 0.25) is 0 Å². The molecule has 1 aromatic heterocycles. The third kappa shape index (κ3) is 4.51. The number of aliphatic hydroxyl groups is 1. The standard InChI is InChI=1S/C19H29FN4O3/c20-18-15(22-11-17-19(18)27-9-8-26-17)10-21-14-4-7-24(12-16(14)25)13-23-5-2-1-3-6-23/h11,14,16,21,25H,1-10,12-13H2. The molecule has 27 heavy (non-hydrogen) atoms. The van der Waals surface area contributed by atoms with Gasteiger partial charge in [0.15, 0.2) is 11.6 Å². The van der Waals surface area contributed by atoms with E-state index in [4.69, 9.17) is 9.47 Å². The minimum atomic E-state index is -0.475. The number of hydrogen-bond acceptors (Lipinski definition) is 7. The van der Waals surface area contributed by atoms with E-state index in [0.29, 0.717) is 31.2 Å². The summed E-state index contributed by atoms with van der Waals surface area (Å²) in [6.07, 6.45) is 5.75. The number of hydrogen-bond donors (Lipinski definition) is 2. The van der Waals surface area contributed by atoms with Crippen molar-refractivity contribution in [1.82, 2.24) is 20.1 Å². The average Bonchev–Trinajstić information content (AvgIpc) is 2.70. The van der Waals surface area contributed by atoms with Crippen LogP contribution in [-0.2, 0) is 6.54 Å². The number of aromatic nitrogens is 1. The van der Waals surface area contributed by atoms with E-state index in [9.17, 15) is 9.50 Å². The van der Waals surface area contributed by atoms with Crippen LogP contribution in [0.4, 0.5) is 4.39 Å². The number of halogens is 1. The topological polar surface area (TPSA) is 70.1 Å². The molecule has 2 saturated heterocycles. The fraction of sp³-hybridized carbons (Fsp3) is 0.737. The van der Waals surface area contributed by atoms with Gasteiger partial charge in [0.2, 0.25) is 5.75 Å². The molecule has 2 fully saturated rings. The molecule has 2 N–H and O–H groups in total. The first-order chi connectivity index (χ1) is 13.2. The minimum absolute atomic E-state index is 0.0583. The molecule has 7 nitrogen and oxygen atoms in total. The Bertz CT molecular complexity index is 642. The molecule has 3 aliphatic heterocycles. The maximum atomic E-state index is 14.5. The van der Waals surface area contributed by atoms with Crippen LogP contribution in [0.25, 0.3) is 0 Å². The molecule has 1 aromatic rings. The van der Waals surface area contributed by atoms with Crippen LogP contribution in [0.3, 0.4) is 0 Å². The summed E-state index contributed by atoms with van der Waals surface area (Å²) >= 11 is 0. The number of nitrogens with zero attached hydrogens (tertiary/aromatic N) is 3. The summed E-state index contributed by atoms with van der Waals surface area (Å²) in [7, 11) is 0. The van der Waals surface area contributed by atoms with E-state index in [1.165, 1.54) is 25.5 Å². The highest BCUT2D eigenvalue weighted by Gasteiger charge is 2.29. The predicted octanol–water partition coefficient (Wildman–Crippen LogP) is 0.960. The van der Waals surface area contributed by atoms with E-state index in [1.54, 1.807) is 0 Å².